The minimum absolute atomic E-state index is 0.188. The largest absolute Gasteiger partial charge is 0.492 e. The van der Waals surface area contributed by atoms with Crippen LogP contribution in [0.15, 0.2) is 86.4 Å². The maximum atomic E-state index is 13.8. The molecular formula is C29H25NO5. The molecule has 0 aliphatic rings. The number of ether oxygens (including phenoxy) is 1. The Morgan fingerprint density at radius 1 is 0.943 bits per heavy atom. The fourth-order valence-electron chi connectivity index (χ4n) is 4.21. The minimum Gasteiger partial charge on any atom is -0.492 e. The maximum Gasteiger partial charge on any atom is 0.336 e. The van der Waals surface area contributed by atoms with Crippen molar-refractivity contribution in [2.75, 3.05) is 27.2 Å². The lowest BCUT2D eigenvalue weighted by molar-refractivity contribution is 0.101. The molecule has 6 heteroatoms. The Balaban J connectivity index is 1.69. The van der Waals surface area contributed by atoms with E-state index in [1.54, 1.807) is 18.2 Å². The summed E-state index contributed by atoms with van der Waals surface area (Å²) in [5.74, 6) is 0.525. The van der Waals surface area contributed by atoms with Crippen molar-refractivity contribution in [3.05, 3.63) is 100 Å². The molecule has 0 bridgehead atoms. The number of hydrogen-bond acceptors (Lipinski definition) is 6. The summed E-state index contributed by atoms with van der Waals surface area (Å²) in [7, 11) is 3.95. The monoisotopic (exact) mass is 467 g/mol. The van der Waals surface area contributed by atoms with E-state index in [0.29, 0.717) is 40.0 Å². The van der Waals surface area contributed by atoms with E-state index >= 15 is 0 Å². The first-order chi connectivity index (χ1) is 16.9. The molecule has 3 aromatic carbocycles. The van der Waals surface area contributed by atoms with Gasteiger partial charge < -0.3 is 18.5 Å². The SMILES string of the molecule is Cc1cc(=O)oc2c1ccc1oc(C(=O)c3cccc(OCCN(C)C)c3)c(-c3ccccc3)c12. The van der Waals surface area contributed by atoms with Crippen molar-refractivity contribution in [1.29, 1.82) is 0 Å². The van der Waals surface area contributed by atoms with Crippen molar-refractivity contribution in [2.45, 2.75) is 6.92 Å². The van der Waals surface area contributed by atoms with Crippen LogP contribution in [-0.2, 0) is 0 Å². The standard InChI is InChI=1S/C29H25NO5/c1-18-16-24(31)35-28-22(18)12-13-23-26(28)25(19-8-5-4-6-9-19)29(34-23)27(32)20-10-7-11-21(17-20)33-15-14-30(2)3/h4-13,16-17H,14-15H2,1-3H3. The predicted octanol–water partition coefficient (Wildman–Crippen LogP) is 5.69. The smallest absolute Gasteiger partial charge is 0.336 e. The lowest BCUT2D eigenvalue weighted by Gasteiger charge is -2.11. The van der Waals surface area contributed by atoms with Crippen molar-refractivity contribution in [1.82, 2.24) is 4.90 Å². The molecule has 0 saturated carbocycles. The second-order valence-electron chi connectivity index (χ2n) is 8.74. The molecule has 0 aliphatic carbocycles. The minimum atomic E-state index is -0.446. The van der Waals surface area contributed by atoms with Crippen LogP contribution in [0.25, 0.3) is 33.1 Å². The molecule has 5 aromatic rings. The number of carbonyl (C=O) groups is 1. The lowest BCUT2D eigenvalue weighted by Crippen LogP contribution is -2.19. The summed E-state index contributed by atoms with van der Waals surface area (Å²) in [6, 6.07) is 21.7. The second kappa shape index (κ2) is 9.24. The summed E-state index contributed by atoms with van der Waals surface area (Å²) in [4.78, 5) is 28.0. The Labute approximate surface area is 202 Å². The Morgan fingerprint density at radius 2 is 1.74 bits per heavy atom. The van der Waals surface area contributed by atoms with Gasteiger partial charge in [-0.2, -0.15) is 0 Å². The Hall–Kier alpha value is -4.16. The van der Waals surface area contributed by atoms with E-state index in [4.69, 9.17) is 13.6 Å². The topological polar surface area (TPSA) is 72.9 Å². The molecule has 0 atom stereocenters. The number of carbonyl (C=O) groups excluding carboxylic acids is 1. The zero-order valence-corrected chi connectivity index (χ0v) is 19.8. The first kappa shape index (κ1) is 22.6. The highest BCUT2D eigenvalue weighted by Crippen LogP contribution is 2.40. The Kier molecular flexibility index (Phi) is 5.97. The van der Waals surface area contributed by atoms with Crippen molar-refractivity contribution in [3.8, 4) is 16.9 Å². The van der Waals surface area contributed by atoms with Gasteiger partial charge in [0, 0.05) is 29.1 Å². The van der Waals surface area contributed by atoms with Crippen LogP contribution in [0.3, 0.4) is 0 Å². The van der Waals surface area contributed by atoms with E-state index in [-0.39, 0.29) is 11.5 Å². The summed E-state index contributed by atoms with van der Waals surface area (Å²) in [6.07, 6.45) is 0. The normalized spacial score (nSPS) is 11.4. The molecule has 0 amide bonds. The summed E-state index contributed by atoms with van der Waals surface area (Å²) in [5, 5.41) is 1.40. The van der Waals surface area contributed by atoms with Gasteiger partial charge in [-0.25, -0.2) is 4.79 Å². The molecule has 0 saturated heterocycles. The first-order valence-corrected chi connectivity index (χ1v) is 11.4. The number of benzene rings is 3. The predicted molar refractivity (Wildman–Crippen MR) is 136 cm³/mol. The highest BCUT2D eigenvalue weighted by Gasteiger charge is 2.26. The van der Waals surface area contributed by atoms with Crippen LogP contribution in [0.4, 0.5) is 0 Å². The lowest BCUT2D eigenvalue weighted by atomic mass is 9.96. The van der Waals surface area contributed by atoms with Crippen LogP contribution in [-0.4, -0.2) is 37.9 Å². The van der Waals surface area contributed by atoms with Gasteiger partial charge >= 0.3 is 5.63 Å². The third-order valence-electron chi connectivity index (χ3n) is 5.94. The zero-order chi connectivity index (χ0) is 24.5. The second-order valence-corrected chi connectivity index (χ2v) is 8.74. The van der Waals surface area contributed by atoms with E-state index in [1.807, 2.05) is 74.4 Å². The molecule has 0 fully saturated rings. The summed E-state index contributed by atoms with van der Waals surface area (Å²) < 4.78 is 17.6. The molecule has 0 unspecified atom stereocenters. The van der Waals surface area contributed by atoms with Crippen LogP contribution in [0.1, 0.15) is 21.7 Å². The fraction of sp³-hybridized carbons (Fsp3) is 0.172. The van der Waals surface area contributed by atoms with Gasteiger partial charge in [-0.1, -0.05) is 42.5 Å². The quantitative estimate of drug-likeness (QED) is 0.226. The van der Waals surface area contributed by atoms with Crippen LogP contribution in [0.5, 0.6) is 5.75 Å². The molecular weight excluding hydrogens is 442 g/mol. The fourth-order valence-corrected chi connectivity index (χ4v) is 4.21. The van der Waals surface area contributed by atoms with Gasteiger partial charge in [-0.05, 0) is 56.4 Å². The zero-order valence-electron chi connectivity index (χ0n) is 19.8. The van der Waals surface area contributed by atoms with Gasteiger partial charge in [-0.3, -0.25) is 4.79 Å². The molecule has 0 spiro atoms. The number of rotatable bonds is 7. The maximum absolute atomic E-state index is 13.8. The third-order valence-corrected chi connectivity index (χ3v) is 5.94. The number of furan rings is 1. The molecule has 0 N–H and O–H groups in total. The highest BCUT2D eigenvalue weighted by atomic mass is 16.5. The average Bonchev–Trinajstić information content (AvgIpc) is 3.24. The third kappa shape index (κ3) is 4.36. The molecule has 176 valence electrons. The van der Waals surface area contributed by atoms with Crippen molar-refractivity contribution in [2.24, 2.45) is 0 Å². The molecule has 35 heavy (non-hydrogen) atoms. The van der Waals surface area contributed by atoms with Crippen molar-refractivity contribution in [3.63, 3.8) is 0 Å². The number of fused-ring (bicyclic) bond motifs is 3. The van der Waals surface area contributed by atoms with Crippen LogP contribution >= 0.6 is 0 Å². The van der Waals surface area contributed by atoms with Gasteiger partial charge in [0.05, 0.1) is 5.39 Å². The van der Waals surface area contributed by atoms with Crippen LogP contribution in [0, 0.1) is 6.92 Å². The van der Waals surface area contributed by atoms with Gasteiger partial charge in [0.15, 0.2) is 5.76 Å². The highest BCUT2D eigenvalue weighted by molar-refractivity contribution is 6.20. The summed E-state index contributed by atoms with van der Waals surface area (Å²) >= 11 is 0. The summed E-state index contributed by atoms with van der Waals surface area (Å²) in [6.45, 7) is 3.13. The van der Waals surface area contributed by atoms with Gasteiger partial charge in [0.1, 0.15) is 23.5 Å². The van der Waals surface area contributed by atoms with Gasteiger partial charge in [-0.15, -0.1) is 0 Å². The van der Waals surface area contributed by atoms with E-state index in [2.05, 4.69) is 0 Å². The number of hydrogen-bond donors (Lipinski definition) is 0. The van der Waals surface area contributed by atoms with Crippen LogP contribution in [0.2, 0.25) is 0 Å². The van der Waals surface area contributed by atoms with Crippen molar-refractivity contribution >= 4 is 27.7 Å². The number of ketones is 1. The molecule has 2 aromatic heterocycles. The number of nitrogens with zero attached hydrogens (tertiary/aromatic N) is 1. The molecule has 0 radical (unpaired) electrons. The average molecular weight is 468 g/mol. The summed E-state index contributed by atoms with van der Waals surface area (Å²) in [5.41, 5.74) is 3.09. The molecule has 5 rings (SSSR count). The van der Waals surface area contributed by atoms with Gasteiger partial charge in [0.2, 0.25) is 5.78 Å². The number of aryl methyl sites for hydroxylation is 1. The van der Waals surface area contributed by atoms with Crippen LogP contribution < -0.4 is 10.4 Å². The molecule has 6 nitrogen and oxygen atoms in total. The number of likely N-dealkylation sites (N-methyl/N-ethyl adjacent to an activating group) is 1. The molecule has 0 aliphatic heterocycles. The van der Waals surface area contributed by atoms with E-state index in [0.717, 1.165) is 23.1 Å². The Morgan fingerprint density at radius 3 is 2.51 bits per heavy atom. The van der Waals surface area contributed by atoms with Crippen molar-refractivity contribution < 1.29 is 18.4 Å². The van der Waals surface area contributed by atoms with E-state index < -0.39 is 5.63 Å². The first-order valence-electron chi connectivity index (χ1n) is 11.4. The van der Waals surface area contributed by atoms with E-state index in [1.165, 1.54) is 6.07 Å². The van der Waals surface area contributed by atoms with Gasteiger partial charge in [0.25, 0.3) is 0 Å². The van der Waals surface area contributed by atoms with E-state index in [9.17, 15) is 9.59 Å². The molecule has 2 heterocycles. The Bertz CT molecular complexity index is 1590.